The van der Waals surface area contributed by atoms with E-state index in [0.29, 0.717) is 5.92 Å². The normalized spacial score (nSPS) is 27.8. The average molecular weight is 242 g/mol. The summed E-state index contributed by atoms with van der Waals surface area (Å²) in [5.74, 6) is 0.375. The third-order valence-electron chi connectivity index (χ3n) is 4.13. The standard InChI is InChI=1S/C17H22O/c1-12(2)15-8-7-14(4)17(18,11-15)16-9-5-13(3)6-10-16/h5-7,9-10,15,18H,1,8,11H2,2-4H3/t15-,17?/m0/s1. The minimum absolute atomic E-state index is 0.375. The quantitative estimate of drug-likeness (QED) is 0.774. The van der Waals surface area contributed by atoms with Crippen LogP contribution < -0.4 is 0 Å². The van der Waals surface area contributed by atoms with Gasteiger partial charge in [0.15, 0.2) is 0 Å². The second-order valence-corrected chi connectivity index (χ2v) is 5.60. The fourth-order valence-electron chi connectivity index (χ4n) is 2.64. The number of allylic oxidation sites excluding steroid dienone is 2. The lowest BCUT2D eigenvalue weighted by atomic mass is 9.72. The fourth-order valence-corrected chi connectivity index (χ4v) is 2.64. The lowest BCUT2D eigenvalue weighted by molar-refractivity contribution is 0.0463. The lowest BCUT2D eigenvalue weighted by Crippen LogP contribution is -2.33. The zero-order valence-electron chi connectivity index (χ0n) is 11.5. The third-order valence-corrected chi connectivity index (χ3v) is 4.13. The van der Waals surface area contributed by atoms with Crippen molar-refractivity contribution in [3.05, 3.63) is 59.2 Å². The van der Waals surface area contributed by atoms with Crippen molar-refractivity contribution in [3.8, 4) is 0 Å². The van der Waals surface area contributed by atoms with Gasteiger partial charge in [-0.15, -0.1) is 0 Å². The Kier molecular flexibility index (Phi) is 3.45. The number of rotatable bonds is 2. The maximum absolute atomic E-state index is 11.0. The van der Waals surface area contributed by atoms with Crippen LogP contribution in [-0.2, 0) is 5.60 Å². The first-order valence-electron chi connectivity index (χ1n) is 6.55. The Morgan fingerprint density at radius 1 is 1.28 bits per heavy atom. The van der Waals surface area contributed by atoms with E-state index >= 15 is 0 Å². The fraction of sp³-hybridized carbons (Fsp3) is 0.412. The molecule has 0 bridgehead atoms. The summed E-state index contributed by atoms with van der Waals surface area (Å²) in [7, 11) is 0. The molecule has 0 amide bonds. The predicted molar refractivity (Wildman–Crippen MR) is 76.4 cm³/mol. The van der Waals surface area contributed by atoms with Crippen molar-refractivity contribution >= 4 is 0 Å². The van der Waals surface area contributed by atoms with Crippen molar-refractivity contribution in [2.24, 2.45) is 5.92 Å². The molecular formula is C17H22O. The molecule has 1 aromatic rings. The molecule has 0 saturated heterocycles. The van der Waals surface area contributed by atoms with Gasteiger partial charge in [-0.2, -0.15) is 0 Å². The molecule has 2 atom stereocenters. The van der Waals surface area contributed by atoms with Crippen LogP contribution in [-0.4, -0.2) is 5.11 Å². The topological polar surface area (TPSA) is 20.2 Å². The van der Waals surface area contributed by atoms with Gasteiger partial charge in [-0.1, -0.05) is 48.1 Å². The molecule has 1 N–H and O–H groups in total. The smallest absolute Gasteiger partial charge is 0.111 e. The number of benzene rings is 1. The number of aryl methyl sites for hydroxylation is 1. The summed E-state index contributed by atoms with van der Waals surface area (Å²) < 4.78 is 0. The SMILES string of the molecule is C=C(C)[C@H]1CC=C(C)C(O)(c2ccc(C)cc2)C1. The van der Waals surface area contributed by atoms with Gasteiger partial charge in [-0.25, -0.2) is 0 Å². The van der Waals surface area contributed by atoms with Crippen LogP contribution >= 0.6 is 0 Å². The van der Waals surface area contributed by atoms with E-state index in [1.54, 1.807) is 0 Å². The average Bonchev–Trinajstić information content (AvgIpc) is 2.33. The van der Waals surface area contributed by atoms with E-state index in [2.05, 4.69) is 38.6 Å². The van der Waals surface area contributed by atoms with Gasteiger partial charge < -0.3 is 5.11 Å². The summed E-state index contributed by atoms with van der Waals surface area (Å²) in [5.41, 5.74) is 3.60. The zero-order chi connectivity index (χ0) is 13.3. The highest BCUT2D eigenvalue weighted by atomic mass is 16.3. The van der Waals surface area contributed by atoms with E-state index in [1.165, 1.54) is 5.56 Å². The van der Waals surface area contributed by atoms with E-state index < -0.39 is 5.60 Å². The summed E-state index contributed by atoms with van der Waals surface area (Å²) in [5, 5.41) is 11.0. The highest BCUT2D eigenvalue weighted by Crippen LogP contribution is 2.42. The van der Waals surface area contributed by atoms with Gasteiger partial charge in [-0.3, -0.25) is 0 Å². The highest BCUT2D eigenvalue weighted by Gasteiger charge is 2.36. The Labute approximate surface area is 110 Å². The Bertz CT molecular complexity index is 481. The van der Waals surface area contributed by atoms with E-state index in [-0.39, 0.29) is 0 Å². The van der Waals surface area contributed by atoms with Crippen LogP contribution in [0.5, 0.6) is 0 Å². The van der Waals surface area contributed by atoms with Crippen LogP contribution in [0.25, 0.3) is 0 Å². The van der Waals surface area contributed by atoms with E-state index in [0.717, 1.165) is 29.6 Å². The van der Waals surface area contributed by atoms with Crippen LogP contribution in [0.4, 0.5) is 0 Å². The van der Waals surface area contributed by atoms with Gasteiger partial charge in [0.2, 0.25) is 0 Å². The van der Waals surface area contributed by atoms with Crippen molar-refractivity contribution in [3.63, 3.8) is 0 Å². The van der Waals surface area contributed by atoms with Crippen molar-refractivity contribution < 1.29 is 5.11 Å². The van der Waals surface area contributed by atoms with Crippen molar-refractivity contribution in [1.29, 1.82) is 0 Å². The molecule has 1 aliphatic carbocycles. The van der Waals surface area contributed by atoms with E-state index in [4.69, 9.17) is 0 Å². The molecule has 18 heavy (non-hydrogen) atoms. The molecule has 1 unspecified atom stereocenters. The van der Waals surface area contributed by atoms with Gasteiger partial charge in [0.25, 0.3) is 0 Å². The van der Waals surface area contributed by atoms with Crippen LogP contribution in [0.2, 0.25) is 0 Å². The van der Waals surface area contributed by atoms with Gasteiger partial charge in [-0.05, 0) is 50.7 Å². The Morgan fingerprint density at radius 2 is 1.89 bits per heavy atom. The first-order chi connectivity index (χ1) is 8.43. The first-order valence-corrected chi connectivity index (χ1v) is 6.55. The third kappa shape index (κ3) is 2.28. The second kappa shape index (κ2) is 4.74. The second-order valence-electron chi connectivity index (χ2n) is 5.60. The van der Waals surface area contributed by atoms with E-state index in [1.807, 2.05) is 19.1 Å². The molecule has 1 aromatic carbocycles. The van der Waals surface area contributed by atoms with Crippen LogP contribution in [0.15, 0.2) is 48.1 Å². The molecule has 0 aliphatic heterocycles. The molecule has 1 nitrogen and oxygen atoms in total. The molecule has 0 saturated carbocycles. The number of hydrogen-bond donors (Lipinski definition) is 1. The maximum atomic E-state index is 11.0. The summed E-state index contributed by atoms with van der Waals surface area (Å²) in [6.45, 7) is 10.2. The van der Waals surface area contributed by atoms with Gasteiger partial charge in [0.1, 0.15) is 5.60 Å². The Hall–Kier alpha value is -1.34. The maximum Gasteiger partial charge on any atom is 0.111 e. The molecule has 1 aliphatic rings. The Balaban J connectivity index is 2.39. The monoisotopic (exact) mass is 242 g/mol. The summed E-state index contributed by atoms with van der Waals surface area (Å²) in [6.07, 6.45) is 3.89. The molecule has 0 fully saturated rings. The van der Waals surface area contributed by atoms with Crippen molar-refractivity contribution in [1.82, 2.24) is 0 Å². The minimum Gasteiger partial charge on any atom is -0.381 e. The molecule has 1 heteroatoms. The number of hydrogen-bond acceptors (Lipinski definition) is 1. The summed E-state index contributed by atoms with van der Waals surface area (Å²) in [4.78, 5) is 0. The summed E-state index contributed by atoms with van der Waals surface area (Å²) >= 11 is 0. The van der Waals surface area contributed by atoms with Gasteiger partial charge >= 0.3 is 0 Å². The molecule has 96 valence electrons. The predicted octanol–water partition coefficient (Wildman–Crippen LogP) is 4.12. The molecular weight excluding hydrogens is 220 g/mol. The molecule has 0 spiro atoms. The minimum atomic E-state index is -0.824. The van der Waals surface area contributed by atoms with Gasteiger partial charge in [0, 0.05) is 0 Å². The molecule has 0 radical (unpaired) electrons. The molecule has 2 rings (SSSR count). The van der Waals surface area contributed by atoms with Crippen LogP contribution in [0.3, 0.4) is 0 Å². The zero-order valence-corrected chi connectivity index (χ0v) is 11.5. The summed E-state index contributed by atoms with van der Waals surface area (Å²) in [6, 6.07) is 8.19. The van der Waals surface area contributed by atoms with Crippen LogP contribution in [0.1, 0.15) is 37.8 Å². The van der Waals surface area contributed by atoms with E-state index in [9.17, 15) is 5.11 Å². The highest BCUT2D eigenvalue weighted by molar-refractivity contribution is 5.36. The number of aliphatic hydroxyl groups is 1. The first kappa shape index (κ1) is 13.1. The largest absolute Gasteiger partial charge is 0.381 e. The van der Waals surface area contributed by atoms with Crippen molar-refractivity contribution in [2.45, 2.75) is 39.2 Å². The lowest BCUT2D eigenvalue weighted by Gasteiger charge is -2.37. The van der Waals surface area contributed by atoms with Crippen LogP contribution in [0, 0.1) is 12.8 Å². The molecule has 0 heterocycles. The molecule has 0 aromatic heterocycles. The Morgan fingerprint density at radius 3 is 2.44 bits per heavy atom. The van der Waals surface area contributed by atoms with Crippen molar-refractivity contribution in [2.75, 3.05) is 0 Å². The van der Waals surface area contributed by atoms with Gasteiger partial charge in [0.05, 0.1) is 0 Å².